The Hall–Kier alpha value is -2.47. The Morgan fingerprint density at radius 1 is 1.19 bits per heavy atom. The number of rotatable bonds is 3. The number of carboxylic acid groups (broad SMARTS) is 1. The van der Waals surface area contributed by atoms with E-state index in [1.807, 2.05) is 24.3 Å². The minimum Gasteiger partial charge on any atom is -0.478 e. The number of carboxylic acids is 1. The first-order chi connectivity index (χ1) is 10.1. The van der Waals surface area contributed by atoms with Crippen LogP contribution in [0.2, 0.25) is 0 Å². The molecule has 0 atom stereocenters. The van der Waals surface area contributed by atoms with Gasteiger partial charge in [0.15, 0.2) is 0 Å². The second-order valence-corrected chi connectivity index (χ2v) is 5.13. The van der Waals surface area contributed by atoms with E-state index in [1.54, 1.807) is 12.1 Å². The maximum absolute atomic E-state index is 11.4. The highest BCUT2D eigenvalue weighted by Gasteiger charge is 2.15. The summed E-state index contributed by atoms with van der Waals surface area (Å²) in [4.78, 5) is 19.2. The van der Waals surface area contributed by atoms with Crippen LogP contribution in [-0.4, -0.2) is 21.0 Å². The number of halogens is 1. The van der Waals surface area contributed by atoms with Crippen LogP contribution in [0.4, 0.5) is 0 Å². The standard InChI is InChI=1S/C15H9BrN2O3/c16-12-7-17-8-18-14(12)21-13-6-10-4-2-1-3-9(10)5-11(13)15(19)20/h1-8H,(H,19,20). The fourth-order valence-corrected chi connectivity index (χ4v) is 2.25. The van der Waals surface area contributed by atoms with Crippen LogP contribution in [0.25, 0.3) is 10.8 Å². The van der Waals surface area contributed by atoms with Gasteiger partial charge in [-0.1, -0.05) is 24.3 Å². The van der Waals surface area contributed by atoms with Gasteiger partial charge in [0, 0.05) is 6.20 Å². The van der Waals surface area contributed by atoms with Gasteiger partial charge < -0.3 is 9.84 Å². The lowest BCUT2D eigenvalue weighted by atomic mass is 10.1. The van der Waals surface area contributed by atoms with E-state index in [0.717, 1.165) is 10.8 Å². The van der Waals surface area contributed by atoms with Crippen LogP contribution in [0, 0.1) is 0 Å². The molecule has 0 saturated carbocycles. The van der Waals surface area contributed by atoms with Crippen LogP contribution >= 0.6 is 15.9 Å². The lowest BCUT2D eigenvalue weighted by Crippen LogP contribution is -2.01. The highest BCUT2D eigenvalue weighted by atomic mass is 79.9. The summed E-state index contributed by atoms with van der Waals surface area (Å²) >= 11 is 3.27. The first kappa shape index (κ1) is 13.5. The molecule has 0 saturated heterocycles. The van der Waals surface area contributed by atoms with Gasteiger partial charge in [-0.3, -0.25) is 0 Å². The average Bonchev–Trinajstić information content (AvgIpc) is 2.48. The van der Waals surface area contributed by atoms with Gasteiger partial charge in [0.1, 0.15) is 17.6 Å². The molecule has 5 nitrogen and oxygen atoms in total. The molecule has 3 aromatic rings. The molecule has 0 amide bonds. The lowest BCUT2D eigenvalue weighted by Gasteiger charge is -2.10. The number of hydrogen-bond donors (Lipinski definition) is 1. The maximum atomic E-state index is 11.4. The van der Waals surface area contributed by atoms with Crippen molar-refractivity contribution in [3.05, 3.63) is 59.0 Å². The second kappa shape index (κ2) is 5.49. The molecule has 0 fully saturated rings. The van der Waals surface area contributed by atoms with Gasteiger partial charge in [-0.05, 0) is 38.8 Å². The largest absolute Gasteiger partial charge is 0.478 e. The molecule has 104 valence electrons. The number of aromatic carboxylic acids is 1. The van der Waals surface area contributed by atoms with Crippen LogP contribution in [0.3, 0.4) is 0 Å². The van der Waals surface area contributed by atoms with E-state index in [-0.39, 0.29) is 17.2 Å². The average molecular weight is 345 g/mol. The Bertz CT molecular complexity index is 836. The molecule has 6 heteroatoms. The monoisotopic (exact) mass is 344 g/mol. The summed E-state index contributed by atoms with van der Waals surface area (Å²) in [6.45, 7) is 0. The predicted octanol–water partition coefficient (Wildman–Crippen LogP) is 3.88. The third kappa shape index (κ3) is 2.71. The number of fused-ring (bicyclic) bond motifs is 1. The Morgan fingerprint density at radius 3 is 2.57 bits per heavy atom. The zero-order chi connectivity index (χ0) is 14.8. The van der Waals surface area contributed by atoms with E-state index in [2.05, 4.69) is 25.9 Å². The molecule has 1 heterocycles. The van der Waals surface area contributed by atoms with Crippen LogP contribution in [0.1, 0.15) is 10.4 Å². The van der Waals surface area contributed by atoms with E-state index in [9.17, 15) is 9.90 Å². The smallest absolute Gasteiger partial charge is 0.339 e. The molecule has 0 aliphatic heterocycles. The summed E-state index contributed by atoms with van der Waals surface area (Å²) in [5.74, 6) is -0.552. The van der Waals surface area contributed by atoms with Crippen LogP contribution in [0.5, 0.6) is 11.6 Å². The first-order valence-corrected chi connectivity index (χ1v) is 6.84. The van der Waals surface area contributed by atoms with Crippen molar-refractivity contribution in [3.63, 3.8) is 0 Å². The van der Waals surface area contributed by atoms with E-state index < -0.39 is 5.97 Å². The molecule has 2 aromatic carbocycles. The SMILES string of the molecule is O=C(O)c1cc2ccccc2cc1Oc1ncncc1Br. The third-order valence-corrected chi connectivity index (χ3v) is 3.46. The van der Waals surface area contributed by atoms with Gasteiger partial charge in [0.2, 0.25) is 5.88 Å². The van der Waals surface area contributed by atoms with E-state index in [1.165, 1.54) is 12.5 Å². The molecular weight excluding hydrogens is 336 g/mol. The minimum atomic E-state index is -1.05. The molecule has 0 aliphatic rings. The molecular formula is C15H9BrN2O3. The second-order valence-electron chi connectivity index (χ2n) is 4.28. The summed E-state index contributed by atoms with van der Waals surface area (Å²) < 4.78 is 6.18. The zero-order valence-corrected chi connectivity index (χ0v) is 12.2. The van der Waals surface area contributed by atoms with Crippen LogP contribution < -0.4 is 4.74 Å². The highest BCUT2D eigenvalue weighted by molar-refractivity contribution is 9.10. The van der Waals surface area contributed by atoms with Gasteiger partial charge in [-0.2, -0.15) is 0 Å². The van der Waals surface area contributed by atoms with E-state index in [4.69, 9.17) is 4.74 Å². The molecule has 0 spiro atoms. The van der Waals surface area contributed by atoms with Crippen LogP contribution in [0.15, 0.2) is 53.4 Å². The number of hydrogen-bond acceptors (Lipinski definition) is 4. The normalized spacial score (nSPS) is 10.5. The Morgan fingerprint density at radius 2 is 1.90 bits per heavy atom. The first-order valence-electron chi connectivity index (χ1n) is 6.04. The zero-order valence-electron chi connectivity index (χ0n) is 10.7. The maximum Gasteiger partial charge on any atom is 0.339 e. The molecule has 1 N–H and O–H groups in total. The van der Waals surface area contributed by atoms with Crippen molar-refractivity contribution >= 4 is 32.7 Å². The van der Waals surface area contributed by atoms with Gasteiger partial charge in [0.25, 0.3) is 0 Å². The fraction of sp³-hybridized carbons (Fsp3) is 0. The molecule has 21 heavy (non-hydrogen) atoms. The van der Waals surface area contributed by atoms with Gasteiger partial charge in [-0.15, -0.1) is 0 Å². The summed E-state index contributed by atoms with van der Waals surface area (Å²) in [6.07, 6.45) is 2.87. The molecule has 0 unspecified atom stereocenters. The van der Waals surface area contributed by atoms with E-state index >= 15 is 0 Å². The molecule has 0 bridgehead atoms. The van der Waals surface area contributed by atoms with Crippen molar-refractivity contribution in [2.75, 3.05) is 0 Å². The summed E-state index contributed by atoms with van der Waals surface area (Å²) in [5.41, 5.74) is 0.0826. The predicted molar refractivity (Wildman–Crippen MR) is 80.7 cm³/mol. The number of ether oxygens (including phenoxy) is 1. The van der Waals surface area contributed by atoms with Crippen molar-refractivity contribution in [2.45, 2.75) is 0 Å². The molecule has 3 rings (SSSR count). The number of carbonyl (C=O) groups is 1. The van der Waals surface area contributed by atoms with Gasteiger partial charge in [0.05, 0.1) is 4.47 Å². The van der Waals surface area contributed by atoms with Crippen molar-refractivity contribution < 1.29 is 14.6 Å². The van der Waals surface area contributed by atoms with Crippen molar-refractivity contribution in [1.29, 1.82) is 0 Å². The van der Waals surface area contributed by atoms with Crippen LogP contribution in [-0.2, 0) is 0 Å². The fourth-order valence-electron chi connectivity index (χ4n) is 1.95. The highest BCUT2D eigenvalue weighted by Crippen LogP contribution is 2.32. The van der Waals surface area contributed by atoms with Crippen molar-refractivity contribution in [3.8, 4) is 11.6 Å². The Kier molecular flexibility index (Phi) is 3.53. The molecule has 0 radical (unpaired) electrons. The number of benzene rings is 2. The Balaban J connectivity index is 2.14. The molecule has 1 aromatic heterocycles. The summed E-state index contributed by atoms with van der Waals surface area (Å²) in [6, 6.07) is 10.8. The van der Waals surface area contributed by atoms with Gasteiger partial charge in [-0.25, -0.2) is 14.8 Å². The topological polar surface area (TPSA) is 72.3 Å². The third-order valence-electron chi connectivity index (χ3n) is 2.92. The molecule has 0 aliphatic carbocycles. The van der Waals surface area contributed by atoms with Crippen molar-refractivity contribution in [1.82, 2.24) is 9.97 Å². The minimum absolute atomic E-state index is 0.0826. The summed E-state index contributed by atoms with van der Waals surface area (Å²) in [7, 11) is 0. The Labute approximate surface area is 128 Å². The van der Waals surface area contributed by atoms with Crippen molar-refractivity contribution in [2.24, 2.45) is 0 Å². The van der Waals surface area contributed by atoms with E-state index in [0.29, 0.717) is 4.47 Å². The number of aromatic nitrogens is 2. The lowest BCUT2D eigenvalue weighted by molar-refractivity contribution is 0.0694. The van der Waals surface area contributed by atoms with Gasteiger partial charge >= 0.3 is 5.97 Å². The number of nitrogens with zero attached hydrogens (tertiary/aromatic N) is 2. The quantitative estimate of drug-likeness (QED) is 0.780. The summed E-state index contributed by atoms with van der Waals surface area (Å²) in [5, 5.41) is 11.1.